The van der Waals surface area contributed by atoms with E-state index in [2.05, 4.69) is 72.9 Å². The number of aryl methyl sites for hydroxylation is 1. The van der Waals surface area contributed by atoms with Gasteiger partial charge in [0.25, 0.3) is 0 Å². The highest BCUT2D eigenvalue weighted by atomic mass is 35.5. The van der Waals surface area contributed by atoms with Gasteiger partial charge in [-0.2, -0.15) is 5.10 Å². The molecule has 2 rings (SSSR count). The number of allylic oxidation sites excluding steroid dienone is 2. The second-order valence-corrected chi connectivity index (χ2v) is 11.0. The molecule has 0 aliphatic rings. The summed E-state index contributed by atoms with van der Waals surface area (Å²) in [6.45, 7) is 19.0. The molecule has 0 aromatic heterocycles. The number of halogens is 1. The second-order valence-electron chi connectivity index (χ2n) is 10.6. The van der Waals surface area contributed by atoms with Gasteiger partial charge in [-0.3, -0.25) is 0 Å². The van der Waals surface area contributed by atoms with Gasteiger partial charge in [0.05, 0.1) is 18.0 Å². The van der Waals surface area contributed by atoms with Crippen molar-refractivity contribution in [2.75, 3.05) is 33.1 Å². The molecule has 0 saturated carbocycles. The molecule has 0 atom stereocenters. The van der Waals surface area contributed by atoms with E-state index in [1.165, 1.54) is 5.56 Å². The number of methoxy groups -OCH3 is 1. The maximum Gasteiger partial charge on any atom is 0.208 e. The zero-order chi connectivity index (χ0) is 31.4. The first-order valence-electron chi connectivity index (χ1n) is 14.2. The van der Waals surface area contributed by atoms with Crippen LogP contribution in [0.4, 0.5) is 5.69 Å². The van der Waals surface area contributed by atoms with Gasteiger partial charge in [-0.05, 0) is 66.1 Å². The minimum absolute atomic E-state index is 0.0495. The molecule has 2 aromatic carbocycles. The predicted molar refractivity (Wildman–Crippen MR) is 181 cm³/mol. The lowest BCUT2D eigenvalue weighted by Gasteiger charge is -2.27. The summed E-state index contributed by atoms with van der Waals surface area (Å²) in [6.07, 6.45) is 6.03. The largest absolute Gasteiger partial charge is 0.475 e. The smallest absolute Gasteiger partial charge is 0.208 e. The molecule has 8 heteroatoms. The number of rotatable bonds is 17. The summed E-state index contributed by atoms with van der Waals surface area (Å²) in [5.41, 5.74) is 6.09. The monoisotopic (exact) mass is 595 g/mol. The Bertz CT molecular complexity index is 1180. The van der Waals surface area contributed by atoms with Crippen molar-refractivity contribution in [1.82, 2.24) is 10.6 Å². The molecule has 3 N–H and O–H groups in total. The summed E-state index contributed by atoms with van der Waals surface area (Å²) >= 11 is 6.21. The zero-order valence-electron chi connectivity index (χ0n) is 26.4. The Hall–Kier alpha value is -3.55. The highest BCUT2D eigenvalue weighted by molar-refractivity contribution is 6.30. The first-order chi connectivity index (χ1) is 20.1. The van der Waals surface area contributed by atoms with Crippen molar-refractivity contribution < 1.29 is 9.47 Å². The first kappa shape index (κ1) is 36.5. The van der Waals surface area contributed by atoms with Crippen molar-refractivity contribution in [2.24, 2.45) is 15.6 Å². The average Bonchev–Trinajstić information content (AvgIpc) is 2.98. The van der Waals surface area contributed by atoms with Gasteiger partial charge in [-0.25, -0.2) is 0 Å². The summed E-state index contributed by atoms with van der Waals surface area (Å²) in [5.74, 6) is 0.563. The molecule has 0 aliphatic heterocycles. The summed E-state index contributed by atoms with van der Waals surface area (Å²) in [5, 5.41) is 18.1. The minimum atomic E-state index is -0.0495. The fraction of sp³-hybridized carbons (Fsp3) is 0.412. The molecule has 0 fully saturated rings. The highest BCUT2D eigenvalue weighted by Crippen LogP contribution is 2.30. The minimum Gasteiger partial charge on any atom is -0.475 e. The van der Waals surface area contributed by atoms with Gasteiger partial charge in [0, 0.05) is 50.8 Å². The van der Waals surface area contributed by atoms with Crippen LogP contribution in [0.2, 0.25) is 5.02 Å². The van der Waals surface area contributed by atoms with Crippen LogP contribution in [0.15, 0.2) is 95.1 Å². The molecule has 230 valence electrons. The summed E-state index contributed by atoms with van der Waals surface area (Å²) in [6, 6.07) is 16.0. The zero-order valence-corrected chi connectivity index (χ0v) is 27.1. The number of likely N-dealkylation sites (N-methyl/N-ethyl adjacent to an activating group) is 1. The Balaban J connectivity index is 0.000000942. The molecule has 0 spiro atoms. The van der Waals surface area contributed by atoms with E-state index >= 15 is 0 Å². The van der Waals surface area contributed by atoms with E-state index in [0.717, 1.165) is 54.0 Å². The predicted octanol–water partition coefficient (Wildman–Crippen LogP) is 8.11. The molecule has 0 saturated heterocycles. The number of para-hydroxylation sites is 1. The van der Waals surface area contributed by atoms with Crippen LogP contribution in [0.25, 0.3) is 0 Å². The van der Waals surface area contributed by atoms with Gasteiger partial charge in [-0.15, -0.1) is 5.10 Å². The summed E-state index contributed by atoms with van der Waals surface area (Å²) in [7, 11) is 5.43. The molecule has 0 radical (unpaired) electrons. The Labute approximate surface area is 258 Å². The quantitative estimate of drug-likeness (QED) is 0.0745. The van der Waals surface area contributed by atoms with Crippen molar-refractivity contribution >= 4 is 29.9 Å². The van der Waals surface area contributed by atoms with E-state index in [0.29, 0.717) is 30.6 Å². The van der Waals surface area contributed by atoms with Crippen molar-refractivity contribution in [3.63, 3.8) is 0 Å². The molecule has 0 unspecified atom stereocenters. The average molecular weight is 596 g/mol. The van der Waals surface area contributed by atoms with E-state index in [9.17, 15) is 0 Å². The molecule has 0 bridgehead atoms. The Morgan fingerprint density at radius 2 is 1.81 bits per heavy atom. The Kier molecular flexibility index (Phi) is 17.7. The van der Waals surface area contributed by atoms with Crippen LogP contribution in [-0.2, 0) is 22.5 Å². The fourth-order valence-corrected chi connectivity index (χ4v) is 4.46. The van der Waals surface area contributed by atoms with Crippen LogP contribution >= 0.6 is 11.6 Å². The lowest BCUT2D eigenvalue weighted by Crippen LogP contribution is -2.24. The molecular weight excluding hydrogens is 546 g/mol. The van der Waals surface area contributed by atoms with Crippen LogP contribution in [-0.4, -0.2) is 40.4 Å². The second kappa shape index (κ2) is 20.3. The number of hydrogen-bond donors (Lipinski definition) is 3. The number of nitrogens with one attached hydrogen (secondary N) is 3. The lowest BCUT2D eigenvalue weighted by atomic mass is 9.83. The van der Waals surface area contributed by atoms with E-state index in [4.69, 9.17) is 21.1 Å². The molecule has 2 aromatic rings. The van der Waals surface area contributed by atoms with Gasteiger partial charge in [0.2, 0.25) is 5.90 Å². The fourth-order valence-electron chi connectivity index (χ4n) is 4.26. The summed E-state index contributed by atoms with van der Waals surface area (Å²) in [4.78, 5) is 0. The third kappa shape index (κ3) is 14.4. The van der Waals surface area contributed by atoms with E-state index in [-0.39, 0.29) is 5.41 Å². The van der Waals surface area contributed by atoms with E-state index in [1.54, 1.807) is 13.2 Å². The number of anilines is 1. The van der Waals surface area contributed by atoms with Crippen LogP contribution < -0.4 is 16.0 Å². The number of nitrogens with zero attached hydrogens (tertiary/aromatic N) is 2. The van der Waals surface area contributed by atoms with Crippen molar-refractivity contribution in [1.29, 1.82) is 0 Å². The number of ether oxygens (including phenoxy) is 2. The third-order valence-corrected chi connectivity index (χ3v) is 6.70. The van der Waals surface area contributed by atoms with E-state index in [1.807, 2.05) is 56.6 Å². The lowest BCUT2D eigenvalue weighted by molar-refractivity contribution is 0.220. The molecule has 0 aliphatic carbocycles. The molecule has 0 heterocycles. The standard InChI is InChI=1S/C27H41ClN4O2.C7H9N/c1-9-11-21-12-13-23(28)16-22(21)18-34-26(32-30-7)14-15-27(4,5)17-20(3)31-24(10-2)25(29-6)19-33-8;1-8-7-5-3-2-4-6-7/h10,12-13,16,29,31H,2-3,7,9,11,14-15,17-19H2,1,4-6,8H3;2-6,8H,1H3/b25-24+,32-26-;. The van der Waals surface area contributed by atoms with Crippen molar-refractivity contribution in [3.8, 4) is 0 Å². The van der Waals surface area contributed by atoms with Gasteiger partial charge in [-0.1, -0.05) is 76.2 Å². The maximum absolute atomic E-state index is 6.21. The van der Waals surface area contributed by atoms with Crippen LogP contribution in [0.5, 0.6) is 0 Å². The third-order valence-electron chi connectivity index (χ3n) is 6.47. The number of benzene rings is 2. The molecule has 42 heavy (non-hydrogen) atoms. The van der Waals surface area contributed by atoms with Crippen molar-refractivity contribution in [2.45, 2.75) is 59.5 Å². The van der Waals surface area contributed by atoms with Crippen LogP contribution in [0, 0.1) is 5.41 Å². The molecular formula is C34H50ClN5O2. The van der Waals surface area contributed by atoms with Crippen LogP contribution in [0.1, 0.15) is 57.6 Å². The van der Waals surface area contributed by atoms with Gasteiger partial charge in [0.1, 0.15) is 6.61 Å². The normalized spacial score (nSPS) is 11.8. The highest BCUT2D eigenvalue weighted by Gasteiger charge is 2.21. The van der Waals surface area contributed by atoms with E-state index < -0.39 is 0 Å². The van der Waals surface area contributed by atoms with Gasteiger partial charge in [0.15, 0.2) is 0 Å². The molecule has 0 amide bonds. The first-order valence-corrected chi connectivity index (χ1v) is 14.6. The SMILES string of the molecule is C=C/C(NC(=C)CC(C)(C)CC/C(=N/N=C)OCc1cc(Cl)ccc1CCC)=C(/COC)NC.CNc1ccccc1. The molecule has 7 nitrogen and oxygen atoms in total. The van der Waals surface area contributed by atoms with Gasteiger partial charge >= 0.3 is 0 Å². The Morgan fingerprint density at radius 3 is 2.36 bits per heavy atom. The number of hydrogen-bond acceptors (Lipinski definition) is 7. The topological polar surface area (TPSA) is 79.3 Å². The van der Waals surface area contributed by atoms with Crippen molar-refractivity contribution in [3.05, 3.63) is 101 Å². The summed E-state index contributed by atoms with van der Waals surface area (Å²) < 4.78 is 11.3. The van der Waals surface area contributed by atoms with Gasteiger partial charge < -0.3 is 25.4 Å². The van der Waals surface area contributed by atoms with Crippen LogP contribution in [0.3, 0.4) is 0 Å². The Morgan fingerprint density at radius 1 is 1.10 bits per heavy atom. The maximum atomic E-state index is 6.21.